The van der Waals surface area contributed by atoms with Crippen LogP contribution in [-0.2, 0) is 0 Å². The van der Waals surface area contributed by atoms with Crippen molar-refractivity contribution in [1.29, 1.82) is 0 Å². The Bertz CT molecular complexity index is 895. The summed E-state index contributed by atoms with van der Waals surface area (Å²) in [5, 5.41) is 10.2. The quantitative estimate of drug-likeness (QED) is 0.735. The smallest absolute Gasteiger partial charge is 0.337 e. The molecule has 0 unspecified atom stereocenters. The predicted octanol–water partition coefficient (Wildman–Crippen LogP) is 3.12. The third kappa shape index (κ3) is 1.75. The lowest BCUT2D eigenvalue weighted by molar-refractivity contribution is 0.0699. The molecule has 3 rings (SSSR count). The Morgan fingerprint density at radius 3 is 2.40 bits per heavy atom. The highest BCUT2D eigenvalue weighted by Gasteiger charge is 2.14. The second-order valence-electron chi connectivity index (χ2n) is 4.26. The van der Waals surface area contributed by atoms with E-state index in [9.17, 15) is 14.7 Å². The summed E-state index contributed by atoms with van der Waals surface area (Å²) < 4.78 is 6.40. The zero-order valence-corrected chi connectivity index (χ0v) is 11.4. The third-order valence-electron chi connectivity index (χ3n) is 3.14. The van der Waals surface area contributed by atoms with Gasteiger partial charge in [-0.05, 0) is 24.3 Å². The van der Waals surface area contributed by atoms with Crippen LogP contribution in [0.25, 0.3) is 20.2 Å². The van der Waals surface area contributed by atoms with Crippen LogP contribution < -0.4 is 10.2 Å². The van der Waals surface area contributed by atoms with E-state index in [1.54, 1.807) is 30.3 Å². The van der Waals surface area contributed by atoms with E-state index in [1.807, 2.05) is 0 Å². The molecule has 0 saturated carbocycles. The first kappa shape index (κ1) is 12.6. The highest BCUT2D eigenvalue weighted by Crippen LogP contribution is 2.33. The van der Waals surface area contributed by atoms with Crippen LogP contribution in [0.4, 0.5) is 0 Å². The molecule has 0 aliphatic heterocycles. The summed E-state index contributed by atoms with van der Waals surface area (Å²) in [6.45, 7) is 0. The molecule has 3 aromatic rings. The van der Waals surface area contributed by atoms with Gasteiger partial charge in [0.1, 0.15) is 5.75 Å². The fourth-order valence-corrected chi connectivity index (χ4v) is 3.46. The van der Waals surface area contributed by atoms with Crippen molar-refractivity contribution in [3.63, 3.8) is 0 Å². The van der Waals surface area contributed by atoms with Gasteiger partial charge in [0.2, 0.25) is 0 Å². The van der Waals surface area contributed by atoms with Crippen LogP contribution in [0.15, 0.2) is 41.2 Å². The molecule has 5 heteroatoms. The minimum Gasteiger partial charge on any atom is -0.495 e. The van der Waals surface area contributed by atoms with Crippen molar-refractivity contribution in [3.05, 3.63) is 52.2 Å². The van der Waals surface area contributed by atoms with Gasteiger partial charge in [0.25, 0.3) is 0 Å². The molecule has 20 heavy (non-hydrogen) atoms. The topological polar surface area (TPSA) is 63.6 Å². The number of carboxylic acid groups (broad SMARTS) is 1. The van der Waals surface area contributed by atoms with Gasteiger partial charge in [0.15, 0.2) is 5.43 Å². The first-order valence-electron chi connectivity index (χ1n) is 5.89. The van der Waals surface area contributed by atoms with Crippen LogP contribution in [0, 0.1) is 0 Å². The van der Waals surface area contributed by atoms with Crippen molar-refractivity contribution < 1.29 is 14.6 Å². The normalized spacial score (nSPS) is 10.8. The number of methoxy groups -OCH3 is 1. The summed E-state index contributed by atoms with van der Waals surface area (Å²) in [6.07, 6.45) is 0. The van der Waals surface area contributed by atoms with Gasteiger partial charge in [-0.1, -0.05) is 12.1 Å². The average molecular weight is 286 g/mol. The van der Waals surface area contributed by atoms with E-state index in [-0.39, 0.29) is 11.0 Å². The molecule has 4 nitrogen and oxygen atoms in total. The predicted molar refractivity (Wildman–Crippen MR) is 79.1 cm³/mol. The van der Waals surface area contributed by atoms with Crippen LogP contribution >= 0.6 is 11.3 Å². The number of hydrogen-bond acceptors (Lipinski definition) is 4. The highest BCUT2D eigenvalue weighted by molar-refractivity contribution is 7.25. The molecule has 1 N–H and O–H groups in total. The molecule has 0 aliphatic carbocycles. The van der Waals surface area contributed by atoms with E-state index in [0.717, 1.165) is 0 Å². The lowest BCUT2D eigenvalue weighted by Crippen LogP contribution is -2.05. The molecular formula is C15H10O4S. The molecular weight excluding hydrogens is 276 g/mol. The second-order valence-corrected chi connectivity index (χ2v) is 5.28. The molecule has 0 radical (unpaired) electrons. The molecule has 0 aliphatic rings. The van der Waals surface area contributed by atoms with Crippen molar-refractivity contribution in [2.45, 2.75) is 0 Å². The summed E-state index contributed by atoms with van der Waals surface area (Å²) in [5.41, 5.74) is -0.0341. The summed E-state index contributed by atoms with van der Waals surface area (Å²) in [7, 11) is 1.53. The molecule has 1 aromatic heterocycles. The Hall–Kier alpha value is -2.40. The van der Waals surface area contributed by atoms with E-state index in [0.29, 0.717) is 25.9 Å². The van der Waals surface area contributed by atoms with Crippen molar-refractivity contribution >= 4 is 37.5 Å². The number of carbonyl (C=O) groups is 1. The van der Waals surface area contributed by atoms with E-state index in [1.165, 1.54) is 24.5 Å². The lowest BCUT2D eigenvalue weighted by atomic mass is 10.1. The summed E-state index contributed by atoms with van der Waals surface area (Å²) >= 11 is 1.27. The van der Waals surface area contributed by atoms with Gasteiger partial charge in [-0.3, -0.25) is 4.79 Å². The molecule has 0 fully saturated rings. The van der Waals surface area contributed by atoms with Crippen molar-refractivity contribution in [1.82, 2.24) is 0 Å². The Morgan fingerprint density at radius 1 is 1.10 bits per heavy atom. The molecule has 2 aromatic carbocycles. The minimum atomic E-state index is -1.04. The molecule has 0 spiro atoms. The Labute approximate surface area is 117 Å². The van der Waals surface area contributed by atoms with Crippen LogP contribution in [0.5, 0.6) is 5.75 Å². The lowest BCUT2D eigenvalue weighted by Gasteiger charge is -2.07. The third-order valence-corrected chi connectivity index (χ3v) is 4.41. The molecule has 100 valence electrons. The van der Waals surface area contributed by atoms with Gasteiger partial charge in [-0.15, -0.1) is 11.3 Å². The van der Waals surface area contributed by atoms with Gasteiger partial charge in [0.05, 0.1) is 22.1 Å². The summed E-state index contributed by atoms with van der Waals surface area (Å²) in [4.78, 5) is 23.8. The maximum Gasteiger partial charge on any atom is 0.337 e. The number of aromatic carboxylic acids is 1. The van der Waals surface area contributed by atoms with Crippen LogP contribution in [0.1, 0.15) is 10.4 Å². The van der Waals surface area contributed by atoms with Crippen LogP contribution in [0.3, 0.4) is 0 Å². The van der Waals surface area contributed by atoms with Gasteiger partial charge < -0.3 is 9.84 Å². The van der Waals surface area contributed by atoms with Gasteiger partial charge >= 0.3 is 5.97 Å². The zero-order chi connectivity index (χ0) is 14.3. The van der Waals surface area contributed by atoms with Crippen molar-refractivity contribution in [2.75, 3.05) is 7.11 Å². The number of hydrogen-bond donors (Lipinski definition) is 1. The molecule has 0 amide bonds. The van der Waals surface area contributed by atoms with E-state index in [4.69, 9.17) is 4.74 Å². The molecule has 0 saturated heterocycles. The first-order valence-corrected chi connectivity index (χ1v) is 6.71. The van der Waals surface area contributed by atoms with Crippen molar-refractivity contribution in [2.24, 2.45) is 0 Å². The number of rotatable bonds is 2. The highest BCUT2D eigenvalue weighted by atomic mass is 32.1. The molecule has 0 bridgehead atoms. The fourth-order valence-electron chi connectivity index (χ4n) is 2.20. The number of carboxylic acids is 1. The van der Waals surface area contributed by atoms with E-state index in [2.05, 4.69) is 0 Å². The molecule has 0 atom stereocenters. The van der Waals surface area contributed by atoms with Crippen LogP contribution in [-0.4, -0.2) is 18.2 Å². The molecule has 1 heterocycles. The Morgan fingerprint density at radius 2 is 1.75 bits per heavy atom. The first-order chi connectivity index (χ1) is 9.63. The standard InChI is InChI=1S/C15H10O4S/c1-19-11-7-3-5-9-12(16)8-4-2-6-10(15(17)18)13(8)20-14(9)11/h2-7H,1H3,(H,17,18). The maximum atomic E-state index is 12.5. The van der Waals surface area contributed by atoms with Gasteiger partial charge in [0, 0.05) is 10.8 Å². The SMILES string of the molecule is COc1cccc2c(=O)c3cccc(C(=O)O)c3sc12. The van der Waals surface area contributed by atoms with Crippen LogP contribution in [0.2, 0.25) is 0 Å². The minimum absolute atomic E-state index is 0.136. The average Bonchev–Trinajstić information content (AvgIpc) is 2.46. The Balaban J connectivity index is 2.58. The van der Waals surface area contributed by atoms with Gasteiger partial charge in [-0.2, -0.15) is 0 Å². The zero-order valence-electron chi connectivity index (χ0n) is 10.5. The summed E-state index contributed by atoms with van der Waals surface area (Å²) in [5.74, 6) is -0.466. The van der Waals surface area contributed by atoms with E-state index >= 15 is 0 Å². The van der Waals surface area contributed by atoms with Gasteiger partial charge in [-0.25, -0.2) is 4.79 Å². The largest absolute Gasteiger partial charge is 0.495 e. The monoisotopic (exact) mass is 286 g/mol. The number of benzene rings is 2. The second kappa shape index (κ2) is 4.61. The van der Waals surface area contributed by atoms with Crippen molar-refractivity contribution in [3.8, 4) is 5.75 Å². The maximum absolute atomic E-state index is 12.5. The number of fused-ring (bicyclic) bond motifs is 2. The fraction of sp³-hybridized carbons (Fsp3) is 0.0667. The summed E-state index contributed by atoms with van der Waals surface area (Å²) in [6, 6.07) is 9.98. The van der Waals surface area contributed by atoms with E-state index < -0.39 is 5.97 Å². The number of ether oxygens (including phenoxy) is 1. The Kier molecular flexibility index (Phi) is 2.91.